The molecule has 1 heterocycles. The molecule has 1 aliphatic heterocycles. The van der Waals surface area contributed by atoms with E-state index in [4.69, 9.17) is 9.47 Å². The number of ether oxygens (including phenoxy) is 2. The standard InChI is InChI=1S/C20H25NO6/c1-13(22)27-16-11-17(18(23)24)21(12-16)19(25)20(9-3-4-10-20)14-5-7-15(26-2)8-6-14/h5-8,16-17H,3-4,9-12H2,1-2H3,(H,23,24)/t16-,17-/m1/s1. The van der Waals surface area contributed by atoms with Crippen LogP contribution in [-0.2, 0) is 24.5 Å². The molecule has 1 N–H and O–H groups in total. The number of aliphatic carboxylic acids is 1. The first kappa shape index (κ1) is 19.2. The van der Waals surface area contributed by atoms with Crippen LogP contribution in [0, 0.1) is 0 Å². The second-order valence-corrected chi connectivity index (χ2v) is 7.30. The SMILES string of the molecule is COc1ccc(C2(C(=O)N3C[C@H](OC(C)=O)C[C@@H]3C(=O)O)CCCC2)cc1. The van der Waals surface area contributed by atoms with Crippen molar-refractivity contribution < 1.29 is 29.0 Å². The number of carbonyl (C=O) groups is 3. The van der Waals surface area contributed by atoms with E-state index in [0.29, 0.717) is 18.6 Å². The van der Waals surface area contributed by atoms with E-state index in [1.54, 1.807) is 7.11 Å². The van der Waals surface area contributed by atoms with Gasteiger partial charge in [0.05, 0.1) is 19.1 Å². The van der Waals surface area contributed by atoms with E-state index >= 15 is 0 Å². The highest BCUT2D eigenvalue weighted by Crippen LogP contribution is 2.44. The van der Waals surface area contributed by atoms with Gasteiger partial charge in [-0.05, 0) is 30.5 Å². The van der Waals surface area contributed by atoms with Gasteiger partial charge in [-0.15, -0.1) is 0 Å². The number of benzene rings is 1. The number of carboxylic acids is 1. The smallest absolute Gasteiger partial charge is 0.326 e. The molecule has 146 valence electrons. The summed E-state index contributed by atoms with van der Waals surface area (Å²) in [6, 6.07) is 6.44. The van der Waals surface area contributed by atoms with Crippen molar-refractivity contribution in [2.24, 2.45) is 0 Å². The Balaban J connectivity index is 1.91. The molecule has 0 spiro atoms. The lowest BCUT2D eigenvalue weighted by Gasteiger charge is -2.34. The quantitative estimate of drug-likeness (QED) is 0.793. The highest BCUT2D eigenvalue weighted by Gasteiger charge is 2.50. The zero-order valence-corrected chi connectivity index (χ0v) is 15.6. The van der Waals surface area contributed by atoms with E-state index in [9.17, 15) is 19.5 Å². The molecule has 0 aromatic heterocycles. The van der Waals surface area contributed by atoms with Crippen LogP contribution in [0.25, 0.3) is 0 Å². The molecule has 2 aliphatic rings. The van der Waals surface area contributed by atoms with Gasteiger partial charge in [-0.2, -0.15) is 0 Å². The summed E-state index contributed by atoms with van der Waals surface area (Å²) in [5, 5.41) is 9.60. The lowest BCUT2D eigenvalue weighted by molar-refractivity contribution is -0.150. The third-order valence-corrected chi connectivity index (χ3v) is 5.65. The Morgan fingerprint density at radius 2 is 1.78 bits per heavy atom. The third-order valence-electron chi connectivity index (χ3n) is 5.65. The molecular formula is C20H25NO6. The molecule has 0 radical (unpaired) electrons. The maximum Gasteiger partial charge on any atom is 0.326 e. The molecule has 2 fully saturated rings. The Hall–Kier alpha value is -2.57. The van der Waals surface area contributed by atoms with Crippen molar-refractivity contribution in [2.75, 3.05) is 13.7 Å². The normalized spacial score (nSPS) is 23.9. The first-order valence-corrected chi connectivity index (χ1v) is 9.23. The van der Waals surface area contributed by atoms with Gasteiger partial charge in [0.25, 0.3) is 0 Å². The van der Waals surface area contributed by atoms with Crippen LogP contribution in [-0.4, -0.2) is 53.7 Å². The van der Waals surface area contributed by atoms with Gasteiger partial charge in [-0.25, -0.2) is 4.79 Å². The molecule has 1 aromatic rings. The third kappa shape index (κ3) is 3.63. The van der Waals surface area contributed by atoms with Crippen LogP contribution in [0.5, 0.6) is 5.75 Å². The predicted molar refractivity (Wildman–Crippen MR) is 96.4 cm³/mol. The summed E-state index contributed by atoms with van der Waals surface area (Å²) in [5.41, 5.74) is 0.149. The maximum absolute atomic E-state index is 13.6. The van der Waals surface area contributed by atoms with E-state index in [2.05, 4.69) is 0 Å². The van der Waals surface area contributed by atoms with Crippen LogP contribution in [0.3, 0.4) is 0 Å². The summed E-state index contributed by atoms with van der Waals surface area (Å²) < 4.78 is 10.4. The number of carbonyl (C=O) groups excluding carboxylic acids is 2. The molecule has 7 heteroatoms. The predicted octanol–water partition coefficient (Wildman–Crippen LogP) is 2.12. The van der Waals surface area contributed by atoms with Gasteiger partial charge in [-0.1, -0.05) is 25.0 Å². The molecule has 27 heavy (non-hydrogen) atoms. The number of hydrogen-bond acceptors (Lipinski definition) is 5. The van der Waals surface area contributed by atoms with Gasteiger partial charge in [0.15, 0.2) is 0 Å². The largest absolute Gasteiger partial charge is 0.497 e. The second kappa shape index (κ2) is 7.58. The van der Waals surface area contributed by atoms with Gasteiger partial charge >= 0.3 is 11.9 Å². The van der Waals surface area contributed by atoms with Gasteiger partial charge in [-0.3, -0.25) is 9.59 Å². The average molecular weight is 375 g/mol. The number of amides is 1. The summed E-state index contributed by atoms with van der Waals surface area (Å²) >= 11 is 0. The number of carboxylic acid groups (broad SMARTS) is 1. The Morgan fingerprint density at radius 3 is 2.30 bits per heavy atom. The molecule has 2 atom stereocenters. The van der Waals surface area contributed by atoms with Gasteiger partial charge in [0, 0.05) is 13.3 Å². The number of hydrogen-bond donors (Lipinski definition) is 1. The fourth-order valence-electron chi connectivity index (χ4n) is 4.37. The molecule has 1 aromatic carbocycles. The topological polar surface area (TPSA) is 93.1 Å². The Morgan fingerprint density at radius 1 is 1.15 bits per heavy atom. The Kier molecular flexibility index (Phi) is 5.39. The second-order valence-electron chi connectivity index (χ2n) is 7.30. The highest BCUT2D eigenvalue weighted by atomic mass is 16.5. The minimum Gasteiger partial charge on any atom is -0.497 e. The molecule has 1 amide bonds. The van der Waals surface area contributed by atoms with Crippen LogP contribution < -0.4 is 4.74 Å². The first-order valence-electron chi connectivity index (χ1n) is 9.23. The van der Waals surface area contributed by atoms with Gasteiger partial charge < -0.3 is 19.5 Å². The van der Waals surface area contributed by atoms with Gasteiger partial charge in [0.2, 0.25) is 5.91 Å². The lowest BCUT2D eigenvalue weighted by atomic mass is 9.77. The van der Waals surface area contributed by atoms with Crippen molar-refractivity contribution in [3.63, 3.8) is 0 Å². The van der Waals surface area contributed by atoms with Crippen LogP contribution >= 0.6 is 0 Å². The van der Waals surface area contributed by atoms with E-state index in [0.717, 1.165) is 18.4 Å². The minimum atomic E-state index is -1.07. The molecule has 1 aliphatic carbocycles. The summed E-state index contributed by atoms with van der Waals surface area (Å²) in [4.78, 5) is 38.0. The van der Waals surface area contributed by atoms with Crippen molar-refractivity contribution in [2.45, 2.75) is 56.6 Å². The molecule has 1 saturated carbocycles. The zero-order valence-electron chi connectivity index (χ0n) is 15.6. The number of rotatable bonds is 5. The van der Waals surface area contributed by atoms with Crippen LogP contribution in [0.2, 0.25) is 0 Å². The number of esters is 1. The van der Waals surface area contributed by atoms with Crippen LogP contribution in [0.1, 0.15) is 44.6 Å². The highest BCUT2D eigenvalue weighted by molar-refractivity contribution is 5.92. The molecule has 0 unspecified atom stereocenters. The molecule has 0 bridgehead atoms. The fraction of sp³-hybridized carbons (Fsp3) is 0.550. The monoisotopic (exact) mass is 375 g/mol. The maximum atomic E-state index is 13.6. The molecule has 3 rings (SSSR count). The Bertz CT molecular complexity index is 722. The number of methoxy groups -OCH3 is 1. The van der Waals surface area contributed by atoms with E-state index in [1.807, 2.05) is 24.3 Å². The van der Waals surface area contributed by atoms with Crippen molar-refractivity contribution >= 4 is 17.8 Å². The molecule has 7 nitrogen and oxygen atoms in total. The zero-order chi connectivity index (χ0) is 19.6. The van der Waals surface area contributed by atoms with E-state index in [1.165, 1.54) is 11.8 Å². The molecule has 1 saturated heterocycles. The summed E-state index contributed by atoms with van der Waals surface area (Å²) in [6.07, 6.45) is 2.73. The lowest BCUT2D eigenvalue weighted by Crippen LogP contribution is -2.50. The van der Waals surface area contributed by atoms with E-state index in [-0.39, 0.29) is 18.9 Å². The van der Waals surface area contributed by atoms with Gasteiger partial charge in [0.1, 0.15) is 17.9 Å². The van der Waals surface area contributed by atoms with Crippen molar-refractivity contribution in [3.8, 4) is 5.75 Å². The van der Waals surface area contributed by atoms with Crippen molar-refractivity contribution in [1.82, 2.24) is 4.90 Å². The number of likely N-dealkylation sites (tertiary alicyclic amines) is 1. The average Bonchev–Trinajstić information content (AvgIpc) is 3.29. The first-order chi connectivity index (χ1) is 12.9. The van der Waals surface area contributed by atoms with E-state index < -0.39 is 29.5 Å². The Labute approximate surface area is 158 Å². The summed E-state index contributed by atoms with van der Waals surface area (Å²) in [7, 11) is 1.59. The fourth-order valence-corrected chi connectivity index (χ4v) is 4.37. The van der Waals surface area contributed by atoms with Crippen molar-refractivity contribution in [1.29, 1.82) is 0 Å². The van der Waals surface area contributed by atoms with Crippen molar-refractivity contribution in [3.05, 3.63) is 29.8 Å². The molecular weight excluding hydrogens is 350 g/mol. The summed E-state index contributed by atoms with van der Waals surface area (Å²) in [6.45, 7) is 1.41. The van der Waals surface area contributed by atoms with Crippen LogP contribution in [0.15, 0.2) is 24.3 Å². The minimum absolute atomic E-state index is 0.118. The van der Waals surface area contributed by atoms with Crippen LogP contribution in [0.4, 0.5) is 0 Å². The number of nitrogens with zero attached hydrogens (tertiary/aromatic N) is 1. The summed E-state index contributed by atoms with van der Waals surface area (Å²) in [5.74, 6) is -1.02.